The lowest BCUT2D eigenvalue weighted by Crippen LogP contribution is -2.37. The molecule has 0 spiro atoms. The summed E-state index contributed by atoms with van der Waals surface area (Å²) in [5.74, 6) is 2.33. The molecule has 7 nitrogen and oxygen atoms in total. The monoisotopic (exact) mass is 548 g/mol. The van der Waals surface area contributed by atoms with E-state index in [1.54, 1.807) is 11.3 Å². The minimum absolute atomic E-state index is 0.159. The van der Waals surface area contributed by atoms with Crippen molar-refractivity contribution in [2.45, 2.75) is 32.9 Å². The molecule has 0 atom stereocenters. The van der Waals surface area contributed by atoms with Crippen LogP contribution in [-0.4, -0.2) is 58.1 Å². The third-order valence-corrected chi connectivity index (χ3v) is 9.44. The minimum Gasteiger partial charge on any atom is -0.488 e. The van der Waals surface area contributed by atoms with E-state index in [9.17, 15) is 14.3 Å². The Morgan fingerprint density at radius 3 is 2.68 bits per heavy atom. The third-order valence-electron chi connectivity index (χ3n) is 7.26. The van der Waals surface area contributed by atoms with Gasteiger partial charge in [-0.1, -0.05) is 23.8 Å². The van der Waals surface area contributed by atoms with E-state index < -0.39 is 10.8 Å². The predicted molar refractivity (Wildman–Crippen MR) is 152 cm³/mol. The van der Waals surface area contributed by atoms with Gasteiger partial charge in [0.05, 0.1) is 17.3 Å². The van der Waals surface area contributed by atoms with E-state index in [-0.39, 0.29) is 12.5 Å². The number of carbonyl (C=O) groups excluding carboxylic acids is 1. The molecule has 5 rings (SSSR count). The largest absolute Gasteiger partial charge is 0.488 e. The molecule has 0 radical (unpaired) electrons. The third kappa shape index (κ3) is 6.32. The molecule has 0 aliphatic carbocycles. The summed E-state index contributed by atoms with van der Waals surface area (Å²) in [6.07, 6.45) is 2.82. The fraction of sp³-hybridized carbons (Fsp3) is 0.414. The van der Waals surface area contributed by atoms with E-state index in [4.69, 9.17) is 9.72 Å². The fourth-order valence-corrected chi connectivity index (χ4v) is 6.94. The van der Waals surface area contributed by atoms with Gasteiger partial charge in [0.15, 0.2) is 5.13 Å². The Morgan fingerprint density at radius 1 is 1.16 bits per heavy atom. The minimum atomic E-state index is -0.697. The number of piperidine rings is 1. The normalized spacial score (nSPS) is 17.3. The molecular formula is C29H32N4O3S2. The van der Waals surface area contributed by atoms with Gasteiger partial charge < -0.3 is 14.4 Å². The number of rotatable bonds is 8. The van der Waals surface area contributed by atoms with Gasteiger partial charge in [0.1, 0.15) is 18.6 Å². The van der Waals surface area contributed by atoms with Crippen molar-refractivity contribution in [2.24, 2.45) is 5.92 Å². The maximum absolute atomic E-state index is 11.6. The van der Waals surface area contributed by atoms with Crippen molar-refractivity contribution in [1.29, 1.82) is 5.26 Å². The van der Waals surface area contributed by atoms with Crippen molar-refractivity contribution in [3.8, 4) is 23.1 Å². The Bertz CT molecular complexity index is 1350. The van der Waals surface area contributed by atoms with Crippen molar-refractivity contribution in [2.75, 3.05) is 42.6 Å². The number of hydrogen-bond donors (Lipinski definition) is 0. The summed E-state index contributed by atoms with van der Waals surface area (Å²) >= 11 is 1.62. The molecular weight excluding hydrogens is 516 g/mol. The van der Waals surface area contributed by atoms with Gasteiger partial charge in [-0.3, -0.25) is 9.11 Å². The van der Waals surface area contributed by atoms with Crippen LogP contribution < -0.4 is 9.64 Å². The van der Waals surface area contributed by atoms with Crippen molar-refractivity contribution >= 4 is 33.6 Å². The second-order valence-electron chi connectivity index (χ2n) is 9.99. The summed E-state index contributed by atoms with van der Waals surface area (Å²) < 4.78 is 17.9. The average molecular weight is 549 g/mol. The SMILES string of the molecule is Cc1ccc(OCc2ccc(CN3CCS(=O)CC3)cc2C#N)c(-c2csc(N3CCC(C=O)CC3)n2)c1. The van der Waals surface area contributed by atoms with Crippen LogP contribution in [0.5, 0.6) is 5.75 Å². The number of ether oxygens (including phenoxy) is 1. The highest BCUT2D eigenvalue weighted by atomic mass is 32.2. The first-order valence-corrected chi connectivity index (χ1v) is 15.4. The van der Waals surface area contributed by atoms with Crippen LogP contribution in [0.4, 0.5) is 5.13 Å². The predicted octanol–water partition coefficient (Wildman–Crippen LogP) is 4.55. The maximum Gasteiger partial charge on any atom is 0.185 e. The van der Waals surface area contributed by atoms with Crippen LogP contribution in [-0.2, 0) is 28.7 Å². The van der Waals surface area contributed by atoms with Crippen molar-refractivity contribution in [1.82, 2.24) is 9.88 Å². The number of aryl methyl sites for hydroxylation is 1. The summed E-state index contributed by atoms with van der Waals surface area (Å²) in [6.45, 7) is 6.44. The number of aldehydes is 1. The molecule has 0 unspecified atom stereocenters. The molecule has 1 aromatic heterocycles. The highest BCUT2D eigenvalue weighted by Crippen LogP contribution is 2.36. The fourth-order valence-electron chi connectivity index (χ4n) is 4.93. The van der Waals surface area contributed by atoms with Crippen LogP contribution in [0.3, 0.4) is 0 Å². The standard InChI is InChI=1S/C29H32N4O3S2/c1-21-2-5-28(26(14-21)27-20-37-29(31-27)33-8-6-22(18-34)7-9-33)36-19-24-4-3-23(15-25(24)16-30)17-32-10-12-38(35)13-11-32/h2-5,14-15,18,20,22H,6-13,17,19H2,1H3. The zero-order valence-corrected chi connectivity index (χ0v) is 23.2. The van der Waals surface area contributed by atoms with Gasteiger partial charge >= 0.3 is 0 Å². The number of carbonyl (C=O) groups is 1. The van der Waals surface area contributed by atoms with E-state index >= 15 is 0 Å². The number of hydrogen-bond acceptors (Lipinski definition) is 8. The number of nitriles is 1. The Balaban J connectivity index is 1.28. The average Bonchev–Trinajstić information content (AvgIpc) is 3.44. The Hall–Kier alpha value is -3.06. The van der Waals surface area contributed by atoms with Gasteiger partial charge in [-0.05, 0) is 43.5 Å². The first-order chi connectivity index (χ1) is 18.5. The van der Waals surface area contributed by atoms with Crippen LogP contribution in [0.1, 0.15) is 35.1 Å². The molecule has 2 aromatic carbocycles. The molecule has 9 heteroatoms. The molecule has 2 fully saturated rings. The summed E-state index contributed by atoms with van der Waals surface area (Å²) in [4.78, 5) is 20.6. The lowest BCUT2D eigenvalue weighted by Gasteiger charge is -2.29. The number of thiazole rings is 1. The Kier molecular flexibility index (Phi) is 8.52. The molecule has 3 heterocycles. The molecule has 0 bridgehead atoms. The summed E-state index contributed by atoms with van der Waals surface area (Å²) in [5, 5.41) is 12.9. The molecule has 0 N–H and O–H groups in total. The van der Waals surface area contributed by atoms with E-state index in [1.807, 2.05) is 24.3 Å². The summed E-state index contributed by atoms with van der Waals surface area (Å²) in [7, 11) is -0.697. The Labute approximate surface area is 230 Å². The van der Waals surface area contributed by atoms with E-state index in [2.05, 4.69) is 40.3 Å². The van der Waals surface area contributed by atoms with Crippen LogP contribution in [0, 0.1) is 24.2 Å². The van der Waals surface area contributed by atoms with Gasteiger partial charge in [0.2, 0.25) is 0 Å². The summed E-state index contributed by atoms with van der Waals surface area (Å²) in [6, 6.07) is 14.4. The molecule has 0 amide bonds. The second kappa shape index (κ2) is 12.2. The second-order valence-corrected chi connectivity index (χ2v) is 12.5. The highest BCUT2D eigenvalue weighted by molar-refractivity contribution is 7.85. The molecule has 2 saturated heterocycles. The van der Waals surface area contributed by atoms with E-state index in [1.165, 1.54) is 0 Å². The highest BCUT2D eigenvalue weighted by Gasteiger charge is 2.22. The van der Waals surface area contributed by atoms with Gasteiger partial charge in [-0.2, -0.15) is 5.26 Å². The van der Waals surface area contributed by atoms with Crippen LogP contribution in [0.25, 0.3) is 11.3 Å². The van der Waals surface area contributed by atoms with Crippen LogP contribution in [0.15, 0.2) is 41.8 Å². The molecule has 3 aromatic rings. The first kappa shape index (κ1) is 26.5. The van der Waals surface area contributed by atoms with Crippen LogP contribution in [0.2, 0.25) is 0 Å². The molecule has 0 saturated carbocycles. The lowest BCUT2D eigenvalue weighted by molar-refractivity contribution is -0.111. The van der Waals surface area contributed by atoms with E-state index in [0.29, 0.717) is 5.56 Å². The molecule has 198 valence electrons. The van der Waals surface area contributed by atoms with Gasteiger partial charge in [-0.15, -0.1) is 11.3 Å². The van der Waals surface area contributed by atoms with Gasteiger partial charge in [0, 0.05) is 77.5 Å². The number of benzene rings is 2. The van der Waals surface area contributed by atoms with Crippen LogP contribution >= 0.6 is 11.3 Å². The number of nitrogens with zero attached hydrogens (tertiary/aromatic N) is 4. The van der Waals surface area contributed by atoms with E-state index in [0.717, 1.165) is 102 Å². The topological polar surface area (TPSA) is 86.5 Å². The first-order valence-electron chi connectivity index (χ1n) is 13.0. The van der Waals surface area contributed by atoms with Gasteiger partial charge in [0.25, 0.3) is 0 Å². The lowest BCUT2D eigenvalue weighted by atomic mass is 9.99. The molecule has 38 heavy (non-hydrogen) atoms. The van der Waals surface area contributed by atoms with Gasteiger partial charge in [-0.25, -0.2) is 4.98 Å². The Morgan fingerprint density at radius 2 is 1.95 bits per heavy atom. The zero-order valence-electron chi connectivity index (χ0n) is 21.6. The maximum atomic E-state index is 11.6. The van der Waals surface area contributed by atoms with Crippen molar-refractivity contribution in [3.63, 3.8) is 0 Å². The smallest absolute Gasteiger partial charge is 0.185 e. The van der Waals surface area contributed by atoms with Crippen molar-refractivity contribution in [3.05, 3.63) is 64.0 Å². The summed E-state index contributed by atoms with van der Waals surface area (Å²) in [5.41, 5.74) is 5.48. The number of aromatic nitrogens is 1. The van der Waals surface area contributed by atoms with Crippen molar-refractivity contribution < 1.29 is 13.7 Å². The molecule has 2 aliphatic rings. The number of anilines is 1. The zero-order chi connectivity index (χ0) is 26.5. The molecule has 2 aliphatic heterocycles. The quantitative estimate of drug-likeness (QED) is 0.382.